The molecule has 0 heterocycles. The highest BCUT2D eigenvalue weighted by Gasteiger charge is 2.28. The predicted octanol–water partition coefficient (Wildman–Crippen LogP) is 1.73. The lowest BCUT2D eigenvalue weighted by molar-refractivity contribution is -0.131. The number of thioether (sulfide) groups is 1. The molecule has 3 atom stereocenters. The van der Waals surface area contributed by atoms with Crippen LogP contribution in [0.3, 0.4) is 0 Å². The smallest absolute Gasteiger partial charge is 0.245 e. The molecule has 6 N–H and O–H groups in total. The molecule has 0 aromatic heterocycles. The Labute approximate surface area is 204 Å². The highest BCUT2D eigenvalue weighted by Crippen LogP contribution is 2.18. The minimum atomic E-state index is -1.24. The van der Waals surface area contributed by atoms with E-state index in [1.54, 1.807) is 12.1 Å². The number of aliphatic hydroxyl groups is 1. The Balaban J connectivity index is 1.95. The number of hydrogen-bond donors (Lipinski definition) is 5. The minimum absolute atomic E-state index is 0.103. The van der Waals surface area contributed by atoms with Gasteiger partial charge in [0.2, 0.25) is 16.9 Å². The van der Waals surface area contributed by atoms with Gasteiger partial charge in [0.05, 0.1) is 18.7 Å². The summed E-state index contributed by atoms with van der Waals surface area (Å²) in [4.78, 5) is 38.1. The van der Waals surface area contributed by atoms with Crippen molar-refractivity contribution < 1.29 is 24.6 Å². The largest absolute Gasteiger partial charge is 0.508 e. The summed E-state index contributed by atoms with van der Waals surface area (Å²) in [6, 6.07) is 12.9. The van der Waals surface area contributed by atoms with E-state index in [0.29, 0.717) is 12.2 Å². The van der Waals surface area contributed by atoms with Crippen LogP contribution in [0, 0.1) is 5.92 Å². The molecular formula is C25H33N3O5S. The maximum atomic E-state index is 12.8. The molecule has 0 saturated heterocycles. The van der Waals surface area contributed by atoms with Gasteiger partial charge in [0.1, 0.15) is 11.8 Å². The number of aromatic hydroxyl groups is 1. The lowest BCUT2D eigenvalue weighted by atomic mass is 10.0. The molecule has 0 saturated carbocycles. The summed E-state index contributed by atoms with van der Waals surface area (Å²) >= 11 is 1.12. The monoisotopic (exact) mass is 487 g/mol. The van der Waals surface area contributed by atoms with Gasteiger partial charge in [-0.15, -0.1) is 0 Å². The number of amides is 2. The molecule has 2 aromatic rings. The number of rotatable bonds is 12. The van der Waals surface area contributed by atoms with Gasteiger partial charge in [-0.1, -0.05) is 68.1 Å². The van der Waals surface area contributed by atoms with Crippen LogP contribution in [-0.2, 0) is 26.6 Å². The number of carbonyl (C=O) groups is 3. The van der Waals surface area contributed by atoms with E-state index in [9.17, 15) is 24.6 Å². The number of nitrogens with two attached hydrogens (primary N) is 1. The maximum absolute atomic E-state index is 12.8. The van der Waals surface area contributed by atoms with Gasteiger partial charge in [0.25, 0.3) is 0 Å². The second kappa shape index (κ2) is 13.7. The fourth-order valence-electron chi connectivity index (χ4n) is 3.24. The Morgan fingerprint density at radius 3 is 2.12 bits per heavy atom. The van der Waals surface area contributed by atoms with Crippen molar-refractivity contribution in [1.29, 1.82) is 0 Å². The van der Waals surface area contributed by atoms with Crippen molar-refractivity contribution in [1.82, 2.24) is 10.6 Å². The summed E-state index contributed by atoms with van der Waals surface area (Å²) in [6.07, 6.45) is 0.620. The van der Waals surface area contributed by atoms with Crippen LogP contribution in [0.5, 0.6) is 5.75 Å². The Morgan fingerprint density at radius 2 is 1.53 bits per heavy atom. The first-order valence-corrected chi connectivity index (χ1v) is 12.1. The van der Waals surface area contributed by atoms with E-state index < -0.39 is 36.5 Å². The highest BCUT2D eigenvalue weighted by atomic mass is 32.2. The lowest BCUT2D eigenvalue weighted by Crippen LogP contribution is -2.56. The van der Waals surface area contributed by atoms with E-state index in [1.807, 2.05) is 44.2 Å². The van der Waals surface area contributed by atoms with E-state index in [1.165, 1.54) is 12.1 Å². The van der Waals surface area contributed by atoms with E-state index in [2.05, 4.69) is 10.6 Å². The Bertz CT molecular complexity index is 937. The van der Waals surface area contributed by atoms with Crippen LogP contribution < -0.4 is 16.4 Å². The number of phenols is 1. The predicted molar refractivity (Wildman–Crippen MR) is 133 cm³/mol. The summed E-state index contributed by atoms with van der Waals surface area (Å²) in [5, 5.41) is 24.0. The van der Waals surface area contributed by atoms with E-state index >= 15 is 0 Å². The molecule has 0 aliphatic carbocycles. The van der Waals surface area contributed by atoms with Crippen LogP contribution in [0.25, 0.3) is 0 Å². The summed E-state index contributed by atoms with van der Waals surface area (Å²) in [5.41, 5.74) is 7.69. The third-order valence-electron chi connectivity index (χ3n) is 5.08. The zero-order valence-corrected chi connectivity index (χ0v) is 20.3. The first-order chi connectivity index (χ1) is 16.2. The highest BCUT2D eigenvalue weighted by molar-refractivity contribution is 8.13. The van der Waals surface area contributed by atoms with Crippen LogP contribution in [-0.4, -0.2) is 51.9 Å². The molecule has 0 aliphatic rings. The third kappa shape index (κ3) is 9.17. The van der Waals surface area contributed by atoms with E-state index in [0.717, 1.165) is 22.9 Å². The minimum Gasteiger partial charge on any atom is -0.508 e. The molecule has 0 fully saturated rings. The molecular weight excluding hydrogens is 454 g/mol. The third-order valence-corrected chi connectivity index (χ3v) is 6.12. The summed E-state index contributed by atoms with van der Waals surface area (Å²) in [7, 11) is 0. The number of phenolic OH excluding ortho intramolecular Hbond substituents is 1. The summed E-state index contributed by atoms with van der Waals surface area (Å²) < 4.78 is 0. The molecule has 0 aliphatic heterocycles. The summed E-state index contributed by atoms with van der Waals surface area (Å²) in [6.45, 7) is 3.26. The molecule has 0 spiro atoms. The lowest BCUT2D eigenvalue weighted by Gasteiger charge is -2.23. The fourth-order valence-corrected chi connectivity index (χ4v) is 4.10. The van der Waals surface area contributed by atoms with Crippen molar-refractivity contribution in [3.63, 3.8) is 0 Å². The Kier molecular flexibility index (Phi) is 11.1. The van der Waals surface area contributed by atoms with Crippen molar-refractivity contribution in [2.75, 3.05) is 6.61 Å². The molecule has 0 unspecified atom stereocenters. The van der Waals surface area contributed by atoms with Crippen LogP contribution in [0.2, 0.25) is 0 Å². The molecule has 0 bridgehead atoms. The zero-order chi connectivity index (χ0) is 25.1. The van der Waals surface area contributed by atoms with Gasteiger partial charge < -0.3 is 26.6 Å². The molecule has 8 nitrogen and oxygen atoms in total. The van der Waals surface area contributed by atoms with Gasteiger partial charge >= 0.3 is 0 Å². The molecule has 2 amide bonds. The molecule has 34 heavy (non-hydrogen) atoms. The SMILES string of the molecule is CC(C)C[C@H](NC(=O)[C@H](CO)NC(=O)[C@@H](N)Cc1ccc(O)cc1)C(=O)SCc1ccccc1. The van der Waals surface area contributed by atoms with Gasteiger partial charge in [-0.2, -0.15) is 0 Å². The zero-order valence-electron chi connectivity index (χ0n) is 19.4. The second-order valence-electron chi connectivity index (χ2n) is 8.50. The van der Waals surface area contributed by atoms with Crippen LogP contribution >= 0.6 is 11.8 Å². The van der Waals surface area contributed by atoms with Crippen LogP contribution in [0.4, 0.5) is 0 Å². The van der Waals surface area contributed by atoms with Gasteiger partial charge in [-0.25, -0.2) is 0 Å². The number of nitrogens with one attached hydrogen (secondary N) is 2. The van der Waals surface area contributed by atoms with E-state index in [-0.39, 0.29) is 23.2 Å². The Morgan fingerprint density at radius 1 is 0.912 bits per heavy atom. The fraction of sp³-hybridized carbons (Fsp3) is 0.400. The molecule has 9 heteroatoms. The number of hydrogen-bond acceptors (Lipinski definition) is 7. The van der Waals surface area contributed by atoms with Crippen molar-refractivity contribution in [2.45, 2.75) is 50.6 Å². The molecule has 2 rings (SSSR count). The first kappa shape index (κ1) is 27.4. The van der Waals surface area contributed by atoms with Gasteiger partial charge in [-0.05, 0) is 42.0 Å². The van der Waals surface area contributed by atoms with Crippen molar-refractivity contribution >= 4 is 28.7 Å². The topological polar surface area (TPSA) is 142 Å². The van der Waals surface area contributed by atoms with E-state index in [4.69, 9.17) is 5.73 Å². The first-order valence-electron chi connectivity index (χ1n) is 11.1. The average molecular weight is 488 g/mol. The van der Waals surface area contributed by atoms with Crippen molar-refractivity contribution in [3.8, 4) is 5.75 Å². The summed E-state index contributed by atoms with van der Waals surface area (Å²) in [5.74, 6) is -0.519. The quantitative estimate of drug-likeness (QED) is 0.307. The van der Waals surface area contributed by atoms with Crippen molar-refractivity contribution in [3.05, 3.63) is 65.7 Å². The molecule has 184 valence electrons. The Hall–Kier alpha value is -2.88. The van der Waals surface area contributed by atoms with Crippen LogP contribution in [0.1, 0.15) is 31.4 Å². The normalized spacial score (nSPS) is 13.7. The molecule has 0 radical (unpaired) electrons. The number of benzene rings is 2. The van der Waals surface area contributed by atoms with Crippen LogP contribution in [0.15, 0.2) is 54.6 Å². The second-order valence-corrected chi connectivity index (χ2v) is 9.48. The van der Waals surface area contributed by atoms with Gasteiger partial charge in [0.15, 0.2) is 0 Å². The van der Waals surface area contributed by atoms with Crippen molar-refractivity contribution in [2.24, 2.45) is 11.7 Å². The number of carbonyl (C=O) groups excluding carboxylic acids is 3. The average Bonchev–Trinajstić information content (AvgIpc) is 2.82. The van der Waals surface area contributed by atoms with Gasteiger partial charge in [-0.3, -0.25) is 14.4 Å². The van der Waals surface area contributed by atoms with Gasteiger partial charge in [0, 0.05) is 5.75 Å². The standard InChI is InChI=1S/C25H33N3O5S/c1-16(2)12-21(25(33)34-15-18-6-4-3-5-7-18)27-24(32)22(14-29)28-23(31)20(26)13-17-8-10-19(30)11-9-17/h3-11,16,20-22,29-30H,12-15,26H2,1-2H3,(H,27,32)(H,28,31)/t20-,21-,22-/m0/s1. The number of aliphatic hydroxyl groups excluding tert-OH is 1. The molecule has 2 aromatic carbocycles. The maximum Gasteiger partial charge on any atom is 0.245 e.